The van der Waals surface area contributed by atoms with Crippen LogP contribution in [-0.4, -0.2) is 18.1 Å². The van der Waals surface area contributed by atoms with E-state index in [0.717, 1.165) is 40.9 Å². The van der Waals surface area contributed by atoms with Gasteiger partial charge in [0.25, 0.3) is 0 Å². The van der Waals surface area contributed by atoms with Crippen LogP contribution in [0, 0.1) is 0 Å². The van der Waals surface area contributed by atoms with E-state index in [1.165, 1.54) is 0 Å². The zero-order valence-corrected chi connectivity index (χ0v) is 11.7. The second-order valence-electron chi connectivity index (χ2n) is 4.83. The van der Waals surface area contributed by atoms with Crippen LogP contribution in [0.3, 0.4) is 0 Å². The van der Waals surface area contributed by atoms with Gasteiger partial charge in [-0.05, 0) is 31.5 Å². The molecule has 0 radical (unpaired) electrons. The number of pyridine rings is 1. The SMILES string of the molecule is C=C(C)CN(CC)c1cc(CN)c2ccccc2n1. The Hall–Kier alpha value is -1.87. The third kappa shape index (κ3) is 2.93. The summed E-state index contributed by atoms with van der Waals surface area (Å²) in [5.74, 6) is 0.977. The lowest BCUT2D eigenvalue weighted by Gasteiger charge is -2.23. The molecule has 2 aromatic rings. The largest absolute Gasteiger partial charge is 0.353 e. The summed E-state index contributed by atoms with van der Waals surface area (Å²) in [6.45, 7) is 10.4. The monoisotopic (exact) mass is 255 g/mol. The Kier molecular flexibility index (Phi) is 4.17. The van der Waals surface area contributed by atoms with Crippen LogP contribution in [0.25, 0.3) is 10.9 Å². The average molecular weight is 255 g/mol. The van der Waals surface area contributed by atoms with Crippen molar-refractivity contribution in [2.75, 3.05) is 18.0 Å². The van der Waals surface area contributed by atoms with Crippen LogP contribution >= 0.6 is 0 Å². The summed E-state index contributed by atoms with van der Waals surface area (Å²) < 4.78 is 0. The van der Waals surface area contributed by atoms with Crippen molar-refractivity contribution in [1.29, 1.82) is 0 Å². The molecule has 19 heavy (non-hydrogen) atoms. The van der Waals surface area contributed by atoms with E-state index in [0.29, 0.717) is 6.54 Å². The zero-order valence-electron chi connectivity index (χ0n) is 11.7. The maximum absolute atomic E-state index is 5.86. The highest BCUT2D eigenvalue weighted by Crippen LogP contribution is 2.23. The Morgan fingerprint density at radius 1 is 1.37 bits per heavy atom. The first-order valence-electron chi connectivity index (χ1n) is 6.63. The maximum Gasteiger partial charge on any atom is 0.129 e. The first-order chi connectivity index (χ1) is 9.15. The molecule has 0 fully saturated rings. The van der Waals surface area contributed by atoms with Crippen LogP contribution in [0.5, 0.6) is 0 Å². The highest BCUT2D eigenvalue weighted by atomic mass is 15.2. The van der Waals surface area contributed by atoms with Gasteiger partial charge in [-0.2, -0.15) is 0 Å². The molecule has 0 aliphatic carbocycles. The molecule has 0 atom stereocenters. The fraction of sp³-hybridized carbons (Fsp3) is 0.312. The number of hydrogen-bond acceptors (Lipinski definition) is 3. The molecule has 1 aromatic carbocycles. The van der Waals surface area contributed by atoms with E-state index in [1.807, 2.05) is 25.1 Å². The molecule has 3 heteroatoms. The van der Waals surface area contributed by atoms with Crippen molar-refractivity contribution in [2.24, 2.45) is 5.73 Å². The Morgan fingerprint density at radius 2 is 2.11 bits per heavy atom. The Bertz CT molecular complexity index is 590. The molecule has 0 aliphatic rings. The minimum atomic E-state index is 0.528. The fourth-order valence-corrected chi connectivity index (χ4v) is 2.24. The quantitative estimate of drug-likeness (QED) is 0.835. The molecule has 1 heterocycles. The van der Waals surface area contributed by atoms with Gasteiger partial charge in [0.15, 0.2) is 0 Å². The molecule has 2 rings (SSSR count). The van der Waals surface area contributed by atoms with E-state index in [-0.39, 0.29) is 0 Å². The lowest BCUT2D eigenvalue weighted by molar-refractivity contribution is 0.860. The van der Waals surface area contributed by atoms with Gasteiger partial charge in [-0.3, -0.25) is 0 Å². The fourth-order valence-electron chi connectivity index (χ4n) is 2.24. The number of rotatable bonds is 5. The van der Waals surface area contributed by atoms with Gasteiger partial charge >= 0.3 is 0 Å². The van der Waals surface area contributed by atoms with Gasteiger partial charge in [0.2, 0.25) is 0 Å². The maximum atomic E-state index is 5.86. The van der Waals surface area contributed by atoms with Crippen LogP contribution < -0.4 is 10.6 Å². The summed E-state index contributed by atoms with van der Waals surface area (Å²) in [6.07, 6.45) is 0. The summed E-state index contributed by atoms with van der Waals surface area (Å²) in [7, 11) is 0. The lowest BCUT2D eigenvalue weighted by atomic mass is 10.1. The van der Waals surface area contributed by atoms with Crippen molar-refractivity contribution in [2.45, 2.75) is 20.4 Å². The zero-order chi connectivity index (χ0) is 13.8. The number of anilines is 1. The first-order valence-corrected chi connectivity index (χ1v) is 6.63. The number of para-hydroxylation sites is 1. The molecular weight excluding hydrogens is 234 g/mol. The second-order valence-corrected chi connectivity index (χ2v) is 4.83. The van der Waals surface area contributed by atoms with Crippen LogP contribution in [0.15, 0.2) is 42.5 Å². The molecule has 3 nitrogen and oxygen atoms in total. The van der Waals surface area contributed by atoms with Crippen molar-refractivity contribution in [3.8, 4) is 0 Å². The highest BCUT2D eigenvalue weighted by molar-refractivity contribution is 5.84. The number of nitrogens with zero attached hydrogens (tertiary/aromatic N) is 2. The van der Waals surface area contributed by atoms with Gasteiger partial charge < -0.3 is 10.6 Å². The van der Waals surface area contributed by atoms with Gasteiger partial charge in [-0.1, -0.05) is 30.4 Å². The number of aromatic nitrogens is 1. The number of hydrogen-bond donors (Lipinski definition) is 1. The predicted octanol–water partition coefficient (Wildman–Crippen LogP) is 3.10. The van der Waals surface area contributed by atoms with E-state index in [4.69, 9.17) is 10.7 Å². The molecule has 1 aromatic heterocycles. The molecule has 0 saturated heterocycles. The summed E-state index contributed by atoms with van der Waals surface area (Å²) in [5.41, 5.74) is 9.13. The molecule has 0 saturated carbocycles. The van der Waals surface area contributed by atoms with E-state index >= 15 is 0 Å². The number of fused-ring (bicyclic) bond motifs is 1. The van der Waals surface area contributed by atoms with E-state index < -0.39 is 0 Å². The summed E-state index contributed by atoms with van der Waals surface area (Å²) in [4.78, 5) is 6.95. The third-order valence-corrected chi connectivity index (χ3v) is 3.17. The lowest BCUT2D eigenvalue weighted by Crippen LogP contribution is -2.25. The van der Waals surface area contributed by atoms with Crippen molar-refractivity contribution in [1.82, 2.24) is 4.98 Å². The van der Waals surface area contributed by atoms with Crippen molar-refractivity contribution in [3.63, 3.8) is 0 Å². The first kappa shape index (κ1) is 13.6. The van der Waals surface area contributed by atoms with Crippen LogP contribution in [-0.2, 0) is 6.54 Å². The van der Waals surface area contributed by atoms with Gasteiger partial charge in [0.05, 0.1) is 5.52 Å². The predicted molar refractivity (Wildman–Crippen MR) is 82.3 cm³/mol. The van der Waals surface area contributed by atoms with Crippen LogP contribution in [0.2, 0.25) is 0 Å². The normalized spacial score (nSPS) is 10.7. The van der Waals surface area contributed by atoms with Crippen molar-refractivity contribution >= 4 is 16.7 Å². The third-order valence-electron chi connectivity index (χ3n) is 3.17. The smallest absolute Gasteiger partial charge is 0.129 e. The average Bonchev–Trinajstić information content (AvgIpc) is 2.43. The Labute approximate surface area is 114 Å². The molecule has 0 bridgehead atoms. The standard InChI is InChI=1S/C16H21N3/c1-4-19(11-12(2)3)16-9-13(10-17)14-7-5-6-8-15(14)18-16/h5-9H,2,4,10-11,17H2,1,3H3. The minimum absolute atomic E-state index is 0.528. The Morgan fingerprint density at radius 3 is 2.74 bits per heavy atom. The summed E-state index contributed by atoms with van der Waals surface area (Å²) in [6, 6.07) is 10.2. The van der Waals surface area contributed by atoms with Gasteiger partial charge in [-0.15, -0.1) is 0 Å². The molecule has 2 N–H and O–H groups in total. The van der Waals surface area contributed by atoms with Crippen LogP contribution in [0.4, 0.5) is 5.82 Å². The molecule has 0 unspecified atom stereocenters. The van der Waals surface area contributed by atoms with E-state index in [1.54, 1.807) is 0 Å². The van der Waals surface area contributed by atoms with Crippen LogP contribution in [0.1, 0.15) is 19.4 Å². The molecular formula is C16H21N3. The number of benzene rings is 1. The number of likely N-dealkylation sites (N-methyl/N-ethyl adjacent to an activating group) is 1. The van der Waals surface area contributed by atoms with Crippen molar-refractivity contribution in [3.05, 3.63) is 48.0 Å². The minimum Gasteiger partial charge on any atom is -0.353 e. The molecule has 0 spiro atoms. The topological polar surface area (TPSA) is 42.1 Å². The molecule has 100 valence electrons. The summed E-state index contributed by atoms with van der Waals surface area (Å²) >= 11 is 0. The van der Waals surface area contributed by atoms with Gasteiger partial charge in [0.1, 0.15) is 5.82 Å². The highest BCUT2D eigenvalue weighted by Gasteiger charge is 2.10. The van der Waals surface area contributed by atoms with Crippen molar-refractivity contribution < 1.29 is 0 Å². The summed E-state index contributed by atoms with van der Waals surface area (Å²) in [5, 5.41) is 1.14. The Balaban J connectivity index is 2.51. The second kappa shape index (κ2) is 5.85. The van der Waals surface area contributed by atoms with Gasteiger partial charge in [0, 0.05) is 25.0 Å². The molecule has 0 amide bonds. The number of nitrogens with two attached hydrogens (primary N) is 1. The molecule has 0 aliphatic heterocycles. The van der Waals surface area contributed by atoms with E-state index in [2.05, 4.69) is 30.5 Å². The van der Waals surface area contributed by atoms with E-state index in [9.17, 15) is 0 Å². The van der Waals surface area contributed by atoms with Gasteiger partial charge in [-0.25, -0.2) is 4.98 Å².